The molecule has 1 nitrogen and oxygen atoms in total. The van der Waals surface area contributed by atoms with Crippen molar-refractivity contribution in [2.75, 3.05) is 0 Å². The first-order chi connectivity index (χ1) is 6.63. The number of carbonyl (C=O) groups excluding carboxylic acids is 1. The first-order valence-electron chi connectivity index (χ1n) is 4.23. The zero-order valence-corrected chi connectivity index (χ0v) is 7.76. The third-order valence-corrected chi connectivity index (χ3v) is 1.71. The van der Waals surface area contributed by atoms with Crippen LogP contribution in [0.15, 0.2) is 30.4 Å². The van der Waals surface area contributed by atoms with E-state index in [9.17, 15) is 13.6 Å². The molecule has 1 aromatic carbocycles. The Balaban J connectivity index is 2.78. The summed E-state index contributed by atoms with van der Waals surface area (Å²) in [7, 11) is 0. The number of rotatable bonds is 3. The number of ketones is 1. The molecule has 3 heteroatoms. The van der Waals surface area contributed by atoms with Crippen molar-refractivity contribution in [1.82, 2.24) is 0 Å². The fourth-order valence-corrected chi connectivity index (χ4v) is 1.10. The van der Waals surface area contributed by atoms with E-state index in [1.54, 1.807) is 13.0 Å². The second kappa shape index (κ2) is 4.65. The van der Waals surface area contributed by atoms with Crippen LogP contribution in [0.3, 0.4) is 0 Å². The largest absolute Gasteiger partial charge is 0.294 e. The molecule has 14 heavy (non-hydrogen) atoms. The van der Waals surface area contributed by atoms with Gasteiger partial charge in [0.25, 0.3) is 0 Å². The fourth-order valence-electron chi connectivity index (χ4n) is 1.10. The van der Waals surface area contributed by atoms with E-state index in [-0.39, 0.29) is 12.2 Å². The van der Waals surface area contributed by atoms with Crippen LogP contribution in [0.5, 0.6) is 0 Å². The van der Waals surface area contributed by atoms with Crippen molar-refractivity contribution in [2.24, 2.45) is 0 Å². The van der Waals surface area contributed by atoms with Crippen LogP contribution in [0.2, 0.25) is 0 Å². The van der Waals surface area contributed by atoms with Gasteiger partial charge < -0.3 is 0 Å². The third-order valence-electron chi connectivity index (χ3n) is 1.71. The summed E-state index contributed by atoms with van der Waals surface area (Å²) in [6, 6.07) is 3.46. The molecule has 0 saturated carbocycles. The minimum atomic E-state index is -0.921. The molecule has 74 valence electrons. The highest BCUT2D eigenvalue weighted by atomic mass is 19.2. The van der Waals surface area contributed by atoms with Gasteiger partial charge in [-0.25, -0.2) is 8.78 Å². The molecule has 0 fully saturated rings. The van der Waals surface area contributed by atoms with Gasteiger partial charge in [0.15, 0.2) is 17.4 Å². The SMILES string of the molecule is C/C=C/C(=O)Cc1ccc(F)c(F)c1. The molecule has 0 aliphatic carbocycles. The first-order valence-corrected chi connectivity index (χ1v) is 4.23. The van der Waals surface area contributed by atoms with E-state index < -0.39 is 11.6 Å². The number of hydrogen-bond acceptors (Lipinski definition) is 1. The van der Waals surface area contributed by atoms with Gasteiger partial charge >= 0.3 is 0 Å². The average molecular weight is 196 g/mol. The van der Waals surface area contributed by atoms with Crippen LogP contribution < -0.4 is 0 Å². The second-order valence-corrected chi connectivity index (χ2v) is 2.89. The molecule has 0 amide bonds. The van der Waals surface area contributed by atoms with Gasteiger partial charge in [-0.15, -0.1) is 0 Å². The Kier molecular flexibility index (Phi) is 3.51. The van der Waals surface area contributed by atoms with Gasteiger partial charge in [0.2, 0.25) is 0 Å². The maximum Gasteiger partial charge on any atom is 0.159 e. The molecule has 0 unspecified atom stereocenters. The van der Waals surface area contributed by atoms with Crippen molar-refractivity contribution < 1.29 is 13.6 Å². The Morgan fingerprint density at radius 3 is 2.64 bits per heavy atom. The van der Waals surface area contributed by atoms with Gasteiger partial charge in [-0.1, -0.05) is 12.1 Å². The van der Waals surface area contributed by atoms with Crippen LogP contribution in [-0.2, 0) is 11.2 Å². The molecule has 0 atom stereocenters. The minimum Gasteiger partial charge on any atom is -0.294 e. The van der Waals surface area contributed by atoms with E-state index in [4.69, 9.17) is 0 Å². The molecule has 0 spiro atoms. The highest BCUT2D eigenvalue weighted by molar-refractivity contribution is 5.91. The van der Waals surface area contributed by atoms with Crippen LogP contribution in [0.4, 0.5) is 8.78 Å². The summed E-state index contributed by atoms with van der Waals surface area (Å²) in [6.07, 6.45) is 3.12. The Morgan fingerprint density at radius 1 is 1.36 bits per heavy atom. The summed E-state index contributed by atoms with van der Waals surface area (Å²) in [6.45, 7) is 1.73. The van der Waals surface area contributed by atoms with Crippen LogP contribution in [0, 0.1) is 11.6 Å². The highest BCUT2D eigenvalue weighted by Crippen LogP contribution is 2.09. The average Bonchev–Trinajstić information content (AvgIpc) is 2.12. The van der Waals surface area contributed by atoms with E-state index in [0.29, 0.717) is 5.56 Å². The summed E-state index contributed by atoms with van der Waals surface area (Å²) in [5.41, 5.74) is 0.479. The van der Waals surface area contributed by atoms with Crippen molar-refractivity contribution in [1.29, 1.82) is 0 Å². The van der Waals surface area contributed by atoms with Crippen LogP contribution >= 0.6 is 0 Å². The molecule has 0 saturated heterocycles. The molecule has 0 N–H and O–H groups in total. The molecule has 0 aliphatic heterocycles. The molecular formula is C11H10F2O. The Hall–Kier alpha value is -1.51. The quantitative estimate of drug-likeness (QED) is 0.679. The van der Waals surface area contributed by atoms with E-state index in [1.807, 2.05) is 0 Å². The van der Waals surface area contributed by atoms with E-state index >= 15 is 0 Å². The zero-order chi connectivity index (χ0) is 10.6. The second-order valence-electron chi connectivity index (χ2n) is 2.89. The Bertz CT molecular complexity index is 370. The molecule has 0 radical (unpaired) electrons. The highest BCUT2D eigenvalue weighted by Gasteiger charge is 2.04. The van der Waals surface area contributed by atoms with E-state index in [2.05, 4.69) is 0 Å². The van der Waals surface area contributed by atoms with Gasteiger partial charge in [-0.2, -0.15) is 0 Å². The van der Waals surface area contributed by atoms with Crippen LogP contribution in [0.1, 0.15) is 12.5 Å². The lowest BCUT2D eigenvalue weighted by Crippen LogP contribution is -1.99. The van der Waals surface area contributed by atoms with Gasteiger partial charge in [0.1, 0.15) is 0 Å². The molecule has 0 aromatic heterocycles. The zero-order valence-electron chi connectivity index (χ0n) is 7.76. The van der Waals surface area contributed by atoms with Crippen molar-refractivity contribution >= 4 is 5.78 Å². The normalized spacial score (nSPS) is 10.8. The molecule has 0 bridgehead atoms. The number of benzene rings is 1. The maximum atomic E-state index is 12.7. The molecule has 0 heterocycles. The predicted molar refractivity (Wildman–Crippen MR) is 49.9 cm³/mol. The van der Waals surface area contributed by atoms with Crippen LogP contribution in [0.25, 0.3) is 0 Å². The topological polar surface area (TPSA) is 17.1 Å². The number of allylic oxidation sites excluding steroid dienone is 2. The summed E-state index contributed by atoms with van der Waals surface area (Å²) >= 11 is 0. The lowest BCUT2D eigenvalue weighted by Gasteiger charge is -1.98. The smallest absolute Gasteiger partial charge is 0.159 e. The maximum absolute atomic E-state index is 12.7. The molecule has 0 aliphatic rings. The lowest BCUT2D eigenvalue weighted by atomic mass is 10.1. The first kappa shape index (κ1) is 10.6. The molecule has 1 aromatic rings. The van der Waals surface area contributed by atoms with E-state index in [0.717, 1.165) is 12.1 Å². The minimum absolute atomic E-state index is 0.0987. The van der Waals surface area contributed by atoms with Crippen molar-refractivity contribution in [2.45, 2.75) is 13.3 Å². The Labute approximate surface area is 81.1 Å². The number of carbonyl (C=O) groups is 1. The molecular weight excluding hydrogens is 186 g/mol. The Morgan fingerprint density at radius 2 is 2.07 bits per heavy atom. The van der Waals surface area contributed by atoms with Gasteiger partial charge in [0, 0.05) is 6.42 Å². The predicted octanol–water partition coefficient (Wildman–Crippen LogP) is 2.65. The van der Waals surface area contributed by atoms with Crippen molar-refractivity contribution in [3.63, 3.8) is 0 Å². The summed E-state index contributed by atoms with van der Waals surface area (Å²) in [5, 5.41) is 0. The fraction of sp³-hybridized carbons (Fsp3) is 0.182. The lowest BCUT2D eigenvalue weighted by molar-refractivity contribution is -0.114. The van der Waals surface area contributed by atoms with Gasteiger partial charge in [-0.3, -0.25) is 4.79 Å². The monoisotopic (exact) mass is 196 g/mol. The van der Waals surface area contributed by atoms with Crippen molar-refractivity contribution in [3.8, 4) is 0 Å². The van der Waals surface area contributed by atoms with Crippen LogP contribution in [-0.4, -0.2) is 5.78 Å². The van der Waals surface area contributed by atoms with Gasteiger partial charge in [0.05, 0.1) is 0 Å². The summed E-state index contributed by atoms with van der Waals surface area (Å²) in [5.74, 6) is -1.94. The number of halogens is 2. The molecule has 1 rings (SSSR count). The standard InChI is InChI=1S/C11H10F2O/c1-2-3-9(14)6-8-4-5-10(12)11(13)7-8/h2-5,7H,6H2,1H3/b3-2+. The summed E-state index contributed by atoms with van der Waals surface area (Å²) < 4.78 is 25.2. The van der Waals surface area contributed by atoms with Gasteiger partial charge in [-0.05, 0) is 30.7 Å². The third kappa shape index (κ3) is 2.76. The van der Waals surface area contributed by atoms with E-state index in [1.165, 1.54) is 12.1 Å². The number of hydrogen-bond donors (Lipinski definition) is 0. The summed E-state index contributed by atoms with van der Waals surface area (Å²) in [4.78, 5) is 11.1. The van der Waals surface area contributed by atoms with Crippen molar-refractivity contribution in [3.05, 3.63) is 47.5 Å².